The summed E-state index contributed by atoms with van der Waals surface area (Å²) in [5, 5.41) is 5.63. The number of anilines is 1. The fourth-order valence-electron chi connectivity index (χ4n) is 3.44. The van der Waals surface area contributed by atoms with Crippen LogP contribution < -0.4 is 5.32 Å². The molecule has 4 rings (SSSR count). The van der Waals surface area contributed by atoms with Gasteiger partial charge in [-0.3, -0.25) is 4.79 Å². The Balaban J connectivity index is 1.39. The Kier molecular flexibility index (Phi) is 5.12. The van der Waals surface area contributed by atoms with Gasteiger partial charge in [-0.2, -0.15) is 0 Å². The van der Waals surface area contributed by atoms with Crippen molar-refractivity contribution in [3.8, 4) is 11.3 Å². The smallest absolute Gasteiger partial charge is 0.226 e. The summed E-state index contributed by atoms with van der Waals surface area (Å²) in [5.41, 5.74) is 6.20. The van der Waals surface area contributed by atoms with Gasteiger partial charge in [0.25, 0.3) is 0 Å². The predicted octanol–water partition coefficient (Wildman–Crippen LogP) is 5.26. The van der Waals surface area contributed by atoms with E-state index < -0.39 is 0 Å². The zero-order valence-electron chi connectivity index (χ0n) is 14.7. The van der Waals surface area contributed by atoms with Gasteiger partial charge >= 0.3 is 0 Å². The van der Waals surface area contributed by atoms with E-state index in [9.17, 15) is 4.79 Å². The second kappa shape index (κ2) is 7.83. The molecule has 0 spiro atoms. The SMILES string of the molecule is O=C(CCc1ccccc1)Nc1nc(-c2ccc3c(c2)CCCC3)cs1. The number of amides is 1. The second-order valence-corrected chi connectivity index (χ2v) is 7.62. The molecule has 4 heteroatoms. The third kappa shape index (κ3) is 4.02. The number of hydrogen-bond donors (Lipinski definition) is 1. The van der Waals surface area contributed by atoms with Gasteiger partial charge < -0.3 is 5.32 Å². The third-order valence-electron chi connectivity index (χ3n) is 4.88. The molecule has 0 bridgehead atoms. The van der Waals surface area contributed by atoms with Gasteiger partial charge in [-0.05, 0) is 54.9 Å². The van der Waals surface area contributed by atoms with E-state index in [2.05, 4.69) is 28.5 Å². The van der Waals surface area contributed by atoms with Crippen molar-refractivity contribution in [1.29, 1.82) is 0 Å². The summed E-state index contributed by atoms with van der Waals surface area (Å²) in [5.74, 6) is 0.0141. The summed E-state index contributed by atoms with van der Waals surface area (Å²) in [4.78, 5) is 16.8. The lowest BCUT2D eigenvalue weighted by Crippen LogP contribution is -2.12. The molecule has 1 aliphatic rings. The second-order valence-electron chi connectivity index (χ2n) is 6.76. The molecular weight excluding hydrogens is 340 g/mol. The lowest BCUT2D eigenvalue weighted by molar-refractivity contribution is -0.116. The average Bonchev–Trinajstić information content (AvgIpc) is 3.15. The Morgan fingerprint density at radius 3 is 2.69 bits per heavy atom. The van der Waals surface area contributed by atoms with Crippen LogP contribution >= 0.6 is 11.3 Å². The maximum atomic E-state index is 12.2. The van der Waals surface area contributed by atoms with Gasteiger partial charge in [0, 0.05) is 17.4 Å². The first-order valence-electron chi connectivity index (χ1n) is 9.19. The number of rotatable bonds is 5. The molecule has 0 atom stereocenters. The van der Waals surface area contributed by atoms with Gasteiger partial charge in [-0.15, -0.1) is 11.3 Å². The van der Waals surface area contributed by atoms with Crippen LogP contribution in [-0.4, -0.2) is 10.9 Å². The van der Waals surface area contributed by atoms with Crippen molar-refractivity contribution >= 4 is 22.4 Å². The van der Waals surface area contributed by atoms with Crippen molar-refractivity contribution in [2.75, 3.05) is 5.32 Å². The summed E-state index contributed by atoms with van der Waals surface area (Å²) in [6.07, 6.45) is 6.14. The van der Waals surface area contributed by atoms with E-state index in [1.165, 1.54) is 47.3 Å². The molecule has 0 aliphatic heterocycles. The lowest BCUT2D eigenvalue weighted by atomic mass is 9.90. The molecule has 132 valence electrons. The Morgan fingerprint density at radius 1 is 1.04 bits per heavy atom. The van der Waals surface area contributed by atoms with E-state index in [1.807, 2.05) is 35.7 Å². The van der Waals surface area contributed by atoms with Gasteiger partial charge in [0.05, 0.1) is 5.69 Å². The van der Waals surface area contributed by atoms with Gasteiger partial charge in [-0.1, -0.05) is 42.5 Å². The number of thiazole rings is 1. The lowest BCUT2D eigenvalue weighted by Gasteiger charge is -2.16. The van der Waals surface area contributed by atoms with E-state index in [1.54, 1.807) is 0 Å². The normalized spacial score (nSPS) is 13.2. The van der Waals surface area contributed by atoms with Crippen LogP contribution in [0.1, 0.15) is 36.0 Å². The number of benzene rings is 2. The van der Waals surface area contributed by atoms with Crippen LogP contribution in [0.2, 0.25) is 0 Å². The molecule has 0 radical (unpaired) electrons. The summed E-state index contributed by atoms with van der Waals surface area (Å²) in [7, 11) is 0. The monoisotopic (exact) mass is 362 g/mol. The highest BCUT2D eigenvalue weighted by atomic mass is 32.1. The molecule has 3 aromatic rings. The van der Waals surface area contributed by atoms with Crippen LogP contribution in [0.15, 0.2) is 53.9 Å². The number of hydrogen-bond acceptors (Lipinski definition) is 3. The minimum absolute atomic E-state index is 0.0141. The molecular formula is C22H22N2OS. The van der Waals surface area contributed by atoms with E-state index >= 15 is 0 Å². The molecule has 2 aromatic carbocycles. The highest BCUT2D eigenvalue weighted by molar-refractivity contribution is 7.14. The maximum absolute atomic E-state index is 12.2. The van der Waals surface area contributed by atoms with Crippen LogP contribution in [0, 0.1) is 0 Å². The predicted molar refractivity (Wildman–Crippen MR) is 108 cm³/mol. The highest BCUT2D eigenvalue weighted by Crippen LogP contribution is 2.29. The van der Waals surface area contributed by atoms with Crippen molar-refractivity contribution < 1.29 is 4.79 Å². The summed E-state index contributed by atoms with van der Waals surface area (Å²) in [6.45, 7) is 0. The first-order valence-corrected chi connectivity index (χ1v) is 10.1. The van der Waals surface area contributed by atoms with Gasteiger partial charge in [0.1, 0.15) is 0 Å². The zero-order chi connectivity index (χ0) is 17.8. The van der Waals surface area contributed by atoms with Crippen LogP contribution in [0.25, 0.3) is 11.3 Å². The first kappa shape index (κ1) is 17.0. The minimum Gasteiger partial charge on any atom is -0.302 e. The van der Waals surface area contributed by atoms with Crippen LogP contribution in [-0.2, 0) is 24.1 Å². The Bertz CT molecular complexity index is 902. The van der Waals surface area contributed by atoms with E-state index in [0.29, 0.717) is 11.6 Å². The summed E-state index contributed by atoms with van der Waals surface area (Å²) < 4.78 is 0. The third-order valence-corrected chi connectivity index (χ3v) is 5.64. The van der Waals surface area contributed by atoms with Crippen molar-refractivity contribution in [3.05, 3.63) is 70.6 Å². The van der Waals surface area contributed by atoms with E-state index in [-0.39, 0.29) is 5.91 Å². The standard InChI is InChI=1S/C22H22N2OS/c25-21(13-10-16-6-2-1-3-7-16)24-22-23-20(15-26-22)19-12-11-17-8-4-5-9-18(17)14-19/h1-3,6-7,11-12,14-15H,4-5,8-10,13H2,(H,23,24,25). The quantitative estimate of drug-likeness (QED) is 0.673. The van der Waals surface area contributed by atoms with Gasteiger partial charge in [-0.25, -0.2) is 4.98 Å². The Labute approximate surface area is 158 Å². The van der Waals surface area contributed by atoms with Crippen LogP contribution in [0.3, 0.4) is 0 Å². The molecule has 1 heterocycles. The maximum Gasteiger partial charge on any atom is 0.226 e. The van der Waals surface area contributed by atoms with E-state index in [0.717, 1.165) is 24.1 Å². The number of nitrogens with one attached hydrogen (secondary N) is 1. The van der Waals surface area contributed by atoms with Gasteiger partial charge in [0.15, 0.2) is 5.13 Å². The summed E-state index contributed by atoms with van der Waals surface area (Å²) in [6, 6.07) is 16.7. The fourth-order valence-corrected chi connectivity index (χ4v) is 4.18. The van der Waals surface area contributed by atoms with Crippen molar-refractivity contribution in [3.63, 3.8) is 0 Å². The van der Waals surface area contributed by atoms with Crippen LogP contribution in [0.4, 0.5) is 5.13 Å². The molecule has 3 nitrogen and oxygen atoms in total. The number of carbonyl (C=O) groups excluding carboxylic acids is 1. The number of carbonyl (C=O) groups is 1. The Morgan fingerprint density at radius 2 is 1.85 bits per heavy atom. The van der Waals surface area contributed by atoms with Crippen LogP contribution in [0.5, 0.6) is 0 Å². The number of nitrogens with zero attached hydrogens (tertiary/aromatic N) is 1. The highest BCUT2D eigenvalue weighted by Gasteiger charge is 2.12. The van der Waals surface area contributed by atoms with Gasteiger partial charge in [0.2, 0.25) is 5.91 Å². The largest absolute Gasteiger partial charge is 0.302 e. The minimum atomic E-state index is 0.0141. The number of aromatic nitrogens is 1. The molecule has 0 saturated carbocycles. The summed E-state index contributed by atoms with van der Waals surface area (Å²) >= 11 is 1.49. The topological polar surface area (TPSA) is 42.0 Å². The zero-order valence-corrected chi connectivity index (χ0v) is 15.5. The molecule has 1 aromatic heterocycles. The molecule has 0 fully saturated rings. The number of fused-ring (bicyclic) bond motifs is 1. The van der Waals surface area contributed by atoms with Crippen molar-refractivity contribution in [2.24, 2.45) is 0 Å². The molecule has 0 saturated heterocycles. The Hall–Kier alpha value is -2.46. The fraction of sp³-hybridized carbons (Fsp3) is 0.273. The van der Waals surface area contributed by atoms with Crippen molar-refractivity contribution in [1.82, 2.24) is 4.98 Å². The molecule has 0 unspecified atom stereocenters. The first-order chi connectivity index (χ1) is 12.8. The molecule has 1 aliphatic carbocycles. The van der Waals surface area contributed by atoms with E-state index in [4.69, 9.17) is 0 Å². The molecule has 1 N–H and O–H groups in total. The number of aryl methyl sites for hydroxylation is 3. The molecule has 26 heavy (non-hydrogen) atoms. The van der Waals surface area contributed by atoms with Crippen molar-refractivity contribution in [2.45, 2.75) is 38.5 Å². The molecule has 1 amide bonds. The average molecular weight is 362 g/mol.